The fourth-order valence-corrected chi connectivity index (χ4v) is 2.11. The van der Waals surface area contributed by atoms with E-state index in [1.54, 1.807) is 24.6 Å². The molecule has 0 atom stereocenters. The number of hydrogen-bond donors (Lipinski definition) is 1. The maximum absolute atomic E-state index is 5.48. The largest absolute Gasteiger partial charge is 0.493 e. The maximum atomic E-state index is 5.48. The lowest BCUT2D eigenvalue weighted by molar-refractivity contribution is 0.310. The lowest BCUT2D eigenvalue weighted by Gasteiger charge is -2.11. The average molecular weight is 264 g/mol. The number of nitrogens with zero attached hydrogens (tertiary/aromatic N) is 1. The fraction of sp³-hybridized carbons (Fsp3) is 0.308. The zero-order valence-electron chi connectivity index (χ0n) is 10.5. The molecule has 0 aliphatic heterocycles. The molecular weight excluding hydrogens is 248 g/mol. The first-order chi connectivity index (χ1) is 8.83. The van der Waals surface area contributed by atoms with E-state index >= 15 is 0 Å². The maximum Gasteiger partial charge on any atom is 0.182 e. The van der Waals surface area contributed by atoms with E-state index < -0.39 is 0 Å². The Balaban J connectivity index is 2.05. The molecule has 0 fully saturated rings. The Morgan fingerprint density at radius 1 is 1.33 bits per heavy atom. The van der Waals surface area contributed by atoms with Crippen LogP contribution in [0.2, 0.25) is 0 Å². The number of benzene rings is 1. The molecule has 96 valence electrons. The molecule has 0 saturated heterocycles. The standard InChI is InChI=1S/C13H16N2O2S/c1-3-17-11-5-4-10(8-12(11)16-2)9-15-13-14-6-7-18-13/h4-8H,3,9H2,1-2H3,(H,14,15). The van der Waals surface area contributed by atoms with Crippen LogP contribution in [-0.2, 0) is 6.54 Å². The molecule has 5 heteroatoms. The molecule has 0 spiro atoms. The SMILES string of the molecule is CCOc1ccc(CNc2nccs2)cc1OC. The molecule has 4 nitrogen and oxygen atoms in total. The second kappa shape index (κ2) is 6.26. The van der Waals surface area contributed by atoms with E-state index in [0.717, 1.165) is 28.7 Å². The van der Waals surface area contributed by atoms with Gasteiger partial charge in [0.25, 0.3) is 0 Å². The number of hydrogen-bond acceptors (Lipinski definition) is 5. The second-order valence-corrected chi connectivity index (χ2v) is 4.50. The van der Waals surface area contributed by atoms with Gasteiger partial charge in [-0.2, -0.15) is 0 Å². The van der Waals surface area contributed by atoms with Crippen molar-refractivity contribution in [2.75, 3.05) is 19.0 Å². The Labute approximate surface area is 111 Å². The molecule has 1 N–H and O–H groups in total. The van der Waals surface area contributed by atoms with Crippen LogP contribution >= 0.6 is 11.3 Å². The van der Waals surface area contributed by atoms with Gasteiger partial charge in [-0.05, 0) is 24.6 Å². The topological polar surface area (TPSA) is 43.4 Å². The number of ether oxygens (including phenoxy) is 2. The lowest BCUT2D eigenvalue weighted by Crippen LogP contribution is -2.01. The van der Waals surface area contributed by atoms with Crippen molar-refractivity contribution in [3.05, 3.63) is 35.3 Å². The molecule has 1 aromatic carbocycles. The Bertz CT molecular complexity index is 486. The highest BCUT2D eigenvalue weighted by Crippen LogP contribution is 2.28. The van der Waals surface area contributed by atoms with Gasteiger partial charge in [-0.25, -0.2) is 4.98 Å². The molecule has 0 radical (unpaired) electrons. The van der Waals surface area contributed by atoms with E-state index in [1.807, 2.05) is 30.5 Å². The number of methoxy groups -OCH3 is 1. The zero-order valence-corrected chi connectivity index (χ0v) is 11.3. The molecule has 1 heterocycles. The van der Waals surface area contributed by atoms with Gasteiger partial charge in [0.1, 0.15) is 0 Å². The van der Waals surface area contributed by atoms with Crippen molar-refractivity contribution in [3.8, 4) is 11.5 Å². The Morgan fingerprint density at radius 3 is 2.89 bits per heavy atom. The summed E-state index contributed by atoms with van der Waals surface area (Å²) >= 11 is 1.59. The van der Waals surface area contributed by atoms with Crippen LogP contribution in [-0.4, -0.2) is 18.7 Å². The van der Waals surface area contributed by atoms with Crippen LogP contribution in [0.15, 0.2) is 29.8 Å². The van der Waals surface area contributed by atoms with Crippen LogP contribution in [0, 0.1) is 0 Å². The highest BCUT2D eigenvalue weighted by Gasteiger charge is 2.05. The summed E-state index contributed by atoms with van der Waals surface area (Å²) in [7, 11) is 1.65. The van der Waals surface area contributed by atoms with Crippen molar-refractivity contribution in [2.24, 2.45) is 0 Å². The molecule has 0 aliphatic carbocycles. The summed E-state index contributed by atoms with van der Waals surface area (Å²) in [6.07, 6.45) is 1.78. The Morgan fingerprint density at radius 2 is 2.22 bits per heavy atom. The van der Waals surface area contributed by atoms with Crippen LogP contribution in [0.3, 0.4) is 0 Å². The molecule has 2 rings (SSSR count). The summed E-state index contributed by atoms with van der Waals surface area (Å²) < 4.78 is 10.8. The number of nitrogens with one attached hydrogen (secondary N) is 1. The van der Waals surface area contributed by atoms with Crippen molar-refractivity contribution < 1.29 is 9.47 Å². The third kappa shape index (κ3) is 3.13. The second-order valence-electron chi connectivity index (χ2n) is 3.61. The quantitative estimate of drug-likeness (QED) is 0.870. The first-order valence-corrected chi connectivity index (χ1v) is 6.64. The predicted octanol–water partition coefficient (Wildman–Crippen LogP) is 3.16. The van der Waals surface area contributed by atoms with Crippen LogP contribution in [0.1, 0.15) is 12.5 Å². The van der Waals surface area contributed by atoms with Crippen LogP contribution in [0.4, 0.5) is 5.13 Å². The van der Waals surface area contributed by atoms with E-state index in [2.05, 4.69) is 10.3 Å². The summed E-state index contributed by atoms with van der Waals surface area (Å²) in [5, 5.41) is 6.12. The van der Waals surface area contributed by atoms with E-state index in [9.17, 15) is 0 Å². The van der Waals surface area contributed by atoms with Crippen molar-refractivity contribution in [1.29, 1.82) is 0 Å². The normalized spacial score (nSPS) is 10.1. The average Bonchev–Trinajstić information content (AvgIpc) is 2.91. The summed E-state index contributed by atoms with van der Waals surface area (Å²) in [5.74, 6) is 1.54. The van der Waals surface area contributed by atoms with Gasteiger partial charge in [-0.15, -0.1) is 11.3 Å². The zero-order chi connectivity index (χ0) is 12.8. The van der Waals surface area contributed by atoms with E-state index in [4.69, 9.17) is 9.47 Å². The van der Waals surface area contributed by atoms with E-state index in [0.29, 0.717) is 6.61 Å². The van der Waals surface area contributed by atoms with Gasteiger partial charge in [0.15, 0.2) is 16.6 Å². The molecule has 2 aromatic rings. The number of thiazole rings is 1. The lowest BCUT2D eigenvalue weighted by atomic mass is 10.2. The van der Waals surface area contributed by atoms with Gasteiger partial charge in [-0.1, -0.05) is 6.07 Å². The molecular formula is C13H16N2O2S. The molecule has 18 heavy (non-hydrogen) atoms. The molecule has 1 aromatic heterocycles. The van der Waals surface area contributed by atoms with Crippen LogP contribution in [0.25, 0.3) is 0 Å². The fourth-order valence-electron chi connectivity index (χ4n) is 1.59. The van der Waals surface area contributed by atoms with Crippen LogP contribution < -0.4 is 14.8 Å². The highest BCUT2D eigenvalue weighted by molar-refractivity contribution is 7.13. The van der Waals surface area contributed by atoms with Gasteiger partial charge < -0.3 is 14.8 Å². The minimum atomic E-state index is 0.632. The van der Waals surface area contributed by atoms with Gasteiger partial charge in [0, 0.05) is 18.1 Å². The minimum absolute atomic E-state index is 0.632. The molecule has 0 aliphatic rings. The van der Waals surface area contributed by atoms with Gasteiger partial charge in [0.2, 0.25) is 0 Å². The smallest absolute Gasteiger partial charge is 0.182 e. The van der Waals surface area contributed by atoms with Crippen molar-refractivity contribution >= 4 is 16.5 Å². The monoisotopic (exact) mass is 264 g/mol. The molecule has 0 amide bonds. The summed E-state index contributed by atoms with van der Waals surface area (Å²) in [6, 6.07) is 5.93. The first-order valence-electron chi connectivity index (χ1n) is 5.76. The Kier molecular flexibility index (Phi) is 4.41. The summed E-state index contributed by atoms with van der Waals surface area (Å²) in [5.41, 5.74) is 1.13. The molecule has 0 saturated carbocycles. The van der Waals surface area contributed by atoms with Gasteiger partial charge in [-0.3, -0.25) is 0 Å². The van der Waals surface area contributed by atoms with E-state index in [-0.39, 0.29) is 0 Å². The number of anilines is 1. The third-order valence-electron chi connectivity index (χ3n) is 2.40. The van der Waals surface area contributed by atoms with Gasteiger partial charge >= 0.3 is 0 Å². The third-order valence-corrected chi connectivity index (χ3v) is 3.13. The first kappa shape index (κ1) is 12.7. The minimum Gasteiger partial charge on any atom is -0.493 e. The van der Waals surface area contributed by atoms with Crippen molar-refractivity contribution in [1.82, 2.24) is 4.98 Å². The molecule has 0 bridgehead atoms. The van der Waals surface area contributed by atoms with Crippen molar-refractivity contribution in [2.45, 2.75) is 13.5 Å². The van der Waals surface area contributed by atoms with Crippen molar-refractivity contribution in [3.63, 3.8) is 0 Å². The van der Waals surface area contributed by atoms with E-state index in [1.165, 1.54) is 0 Å². The summed E-state index contributed by atoms with van der Waals surface area (Å²) in [4.78, 5) is 4.17. The molecule has 0 unspecified atom stereocenters. The summed E-state index contributed by atoms with van der Waals surface area (Å²) in [6.45, 7) is 3.31. The van der Waals surface area contributed by atoms with Gasteiger partial charge in [0.05, 0.1) is 13.7 Å². The number of aromatic nitrogens is 1. The van der Waals surface area contributed by atoms with Crippen LogP contribution in [0.5, 0.6) is 11.5 Å². The Hall–Kier alpha value is -1.75. The highest BCUT2D eigenvalue weighted by atomic mass is 32.1. The predicted molar refractivity (Wildman–Crippen MR) is 73.6 cm³/mol. The number of rotatable bonds is 6.